The Balaban J connectivity index is 1.42. The summed E-state index contributed by atoms with van der Waals surface area (Å²) in [7, 11) is 0. The van der Waals surface area contributed by atoms with Crippen molar-refractivity contribution >= 4 is 16.9 Å². The lowest BCUT2D eigenvalue weighted by molar-refractivity contribution is 0.471. The lowest BCUT2D eigenvalue weighted by Crippen LogP contribution is -2.28. The molecule has 0 saturated heterocycles. The van der Waals surface area contributed by atoms with Crippen molar-refractivity contribution in [1.29, 1.82) is 0 Å². The van der Waals surface area contributed by atoms with Crippen molar-refractivity contribution in [2.75, 3.05) is 12.0 Å². The highest BCUT2D eigenvalue weighted by molar-refractivity contribution is 5.76. The fraction of sp³-hybridized carbons (Fsp3) is 0.0952. The second kappa shape index (κ2) is 6.66. The molecule has 0 radical (unpaired) electrons. The molecule has 3 heterocycles. The van der Waals surface area contributed by atoms with E-state index in [-0.39, 0.29) is 0 Å². The first-order chi connectivity index (χ1) is 13.4. The number of ether oxygens (including phenoxy) is 1. The van der Waals surface area contributed by atoms with Crippen molar-refractivity contribution in [3.8, 4) is 22.8 Å². The predicted molar refractivity (Wildman–Crippen MR) is 105 cm³/mol. The van der Waals surface area contributed by atoms with Gasteiger partial charge >= 0.3 is 0 Å². The summed E-state index contributed by atoms with van der Waals surface area (Å²) in [5.41, 5.74) is 4.66. The average Bonchev–Trinajstić information content (AvgIpc) is 2.74. The number of anilines is 1. The maximum absolute atomic E-state index is 6.08. The van der Waals surface area contributed by atoms with Crippen LogP contribution in [-0.4, -0.2) is 21.6 Å². The molecule has 2 aromatic carbocycles. The van der Waals surface area contributed by atoms with E-state index in [2.05, 4.69) is 25.6 Å². The summed E-state index contributed by atoms with van der Waals surface area (Å²) in [6, 6.07) is 17.6. The van der Waals surface area contributed by atoms with E-state index in [4.69, 9.17) is 4.74 Å². The minimum absolute atomic E-state index is 0.713. The molecule has 0 fully saturated rings. The van der Waals surface area contributed by atoms with Gasteiger partial charge in [0.25, 0.3) is 0 Å². The number of nitrogens with zero attached hydrogens (tertiary/aromatic N) is 3. The molecule has 2 N–H and O–H groups in total. The van der Waals surface area contributed by atoms with Gasteiger partial charge in [-0.15, -0.1) is 0 Å². The Morgan fingerprint density at radius 1 is 0.889 bits per heavy atom. The van der Waals surface area contributed by atoms with Gasteiger partial charge in [0.2, 0.25) is 0 Å². The fourth-order valence-electron chi connectivity index (χ4n) is 3.14. The number of hydrogen-bond acceptors (Lipinski definition) is 6. The van der Waals surface area contributed by atoms with E-state index in [1.165, 1.54) is 0 Å². The normalized spacial score (nSPS) is 13.0. The van der Waals surface area contributed by atoms with E-state index < -0.39 is 0 Å². The lowest BCUT2D eigenvalue weighted by Gasteiger charge is -2.20. The minimum atomic E-state index is 0.713. The zero-order chi connectivity index (χ0) is 18.1. The predicted octanol–water partition coefficient (Wildman–Crippen LogP) is 3.96. The third-order valence-electron chi connectivity index (χ3n) is 4.52. The van der Waals surface area contributed by atoms with Crippen molar-refractivity contribution in [1.82, 2.24) is 20.3 Å². The Labute approximate surface area is 156 Å². The van der Waals surface area contributed by atoms with Crippen molar-refractivity contribution < 1.29 is 4.74 Å². The van der Waals surface area contributed by atoms with Crippen LogP contribution in [0.3, 0.4) is 0 Å². The Morgan fingerprint density at radius 3 is 2.63 bits per heavy atom. The maximum Gasteiger partial charge on any atom is 0.137 e. The second-order valence-corrected chi connectivity index (χ2v) is 6.29. The Morgan fingerprint density at radius 2 is 1.74 bits per heavy atom. The van der Waals surface area contributed by atoms with Crippen molar-refractivity contribution in [3.63, 3.8) is 0 Å². The molecule has 6 heteroatoms. The largest absolute Gasteiger partial charge is 0.457 e. The van der Waals surface area contributed by atoms with E-state index in [0.29, 0.717) is 6.67 Å². The SMILES string of the molecule is c1ccc2nc(-c3ccc(Oc4ccnc5c4CNCN5)cc3)cnc2c1. The summed E-state index contributed by atoms with van der Waals surface area (Å²) in [6.07, 6.45) is 3.56. The molecule has 0 aliphatic carbocycles. The van der Waals surface area contributed by atoms with Crippen molar-refractivity contribution in [2.45, 2.75) is 6.54 Å². The number of nitrogens with one attached hydrogen (secondary N) is 2. The van der Waals surface area contributed by atoms with Crippen LogP contribution in [0.4, 0.5) is 5.82 Å². The van der Waals surface area contributed by atoms with E-state index in [1.54, 1.807) is 12.4 Å². The standard InChI is InChI=1S/C21H17N5O/c1-2-4-18-17(3-1)24-12-19(26-18)14-5-7-15(8-6-14)27-20-9-10-23-21-16(20)11-22-13-25-21/h1-10,12,22H,11,13H2,(H,23,25). The molecule has 0 bridgehead atoms. The number of fused-ring (bicyclic) bond motifs is 2. The summed E-state index contributed by atoms with van der Waals surface area (Å²) in [4.78, 5) is 13.5. The van der Waals surface area contributed by atoms with E-state index >= 15 is 0 Å². The van der Waals surface area contributed by atoms with Gasteiger partial charge in [0.05, 0.1) is 35.2 Å². The number of hydrogen-bond donors (Lipinski definition) is 2. The molecule has 0 saturated carbocycles. The van der Waals surface area contributed by atoms with Crippen LogP contribution < -0.4 is 15.4 Å². The molecule has 2 aromatic heterocycles. The van der Waals surface area contributed by atoms with Gasteiger partial charge in [-0.25, -0.2) is 9.97 Å². The van der Waals surface area contributed by atoms with Gasteiger partial charge < -0.3 is 10.1 Å². The molecule has 0 spiro atoms. The molecule has 1 aliphatic rings. The highest BCUT2D eigenvalue weighted by atomic mass is 16.5. The fourth-order valence-corrected chi connectivity index (χ4v) is 3.14. The molecule has 0 amide bonds. The Bertz CT molecular complexity index is 1110. The zero-order valence-electron chi connectivity index (χ0n) is 14.5. The molecule has 27 heavy (non-hydrogen) atoms. The zero-order valence-corrected chi connectivity index (χ0v) is 14.5. The van der Waals surface area contributed by atoms with E-state index in [1.807, 2.05) is 54.6 Å². The molecule has 5 rings (SSSR count). The number of para-hydroxylation sites is 2. The molecule has 132 valence electrons. The van der Waals surface area contributed by atoms with Gasteiger partial charge in [0, 0.05) is 18.3 Å². The van der Waals surface area contributed by atoms with Crippen LogP contribution in [-0.2, 0) is 6.54 Å². The van der Waals surface area contributed by atoms with Gasteiger partial charge in [0.1, 0.15) is 17.3 Å². The van der Waals surface area contributed by atoms with E-state index in [0.717, 1.165) is 51.7 Å². The van der Waals surface area contributed by atoms with Crippen LogP contribution in [0.5, 0.6) is 11.5 Å². The number of pyridine rings is 1. The lowest BCUT2D eigenvalue weighted by atomic mass is 10.1. The highest BCUT2D eigenvalue weighted by Crippen LogP contribution is 2.31. The molecular weight excluding hydrogens is 338 g/mol. The highest BCUT2D eigenvalue weighted by Gasteiger charge is 2.15. The maximum atomic E-state index is 6.08. The topological polar surface area (TPSA) is 72.0 Å². The molecular formula is C21H17N5O. The van der Waals surface area contributed by atoms with Gasteiger partial charge in [0.15, 0.2) is 0 Å². The van der Waals surface area contributed by atoms with Gasteiger partial charge in [-0.3, -0.25) is 10.3 Å². The molecule has 6 nitrogen and oxygen atoms in total. The van der Waals surface area contributed by atoms with Crippen LogP contribution in [0.15, 0.2) is 67.0 Å². The first kappa shape index (κ1) is 15.7. The number of rotatable bonds is 3. The first-order valence-electron chi connectivity index (χ1n) is 8.79. The van der Waals surface area contributed by atoms with Crippen molar-refractivity contribution in [3.05, 3.63) is 72.6 Å². The summed E-state index contributed by atoms with van der Waals surface area (Å²) in [5, 5.41) is 6.48. The van der Waals surface area contributed by atoms with Crippen LogP contribution in [0.25, 0.3) is 22.3 Å². The molecule has 1 aliphatic heterocycles. The molecule has 0 atom stereocenters. The first-order valence-corrected chi connectivity index (χ1v) is 8.79. The van der Waals surface area contributed by atoms with Crippen LogP contribution in [0.1, 0.15) is 5.56 Å². The number of benzene rings is 2. The van der Waals surface area contributed by atoms with E-state index in [9.17, 15) is 0 Å². The third kappa shape index (κ3) is 3.07. The Kier molecular flexibility index (Phi) is 3.88. The quantitative estimate of drug-likeness (QED) is 0.580. The van der Waals surface area contributed by atoms with Gasteiger partial charge in [-0.05, 0) is 42.5 Å². The van der Waals surface area contributed by atoms with Crippen molar-refractivity contribution in [2.24, 2.45) is 0 Å². The second-order valence-electron chi connectivity index (χ2n) is 6.29. The van der Waals surface area contributed by atoms with Crippen LogP contribution in [0, 0.1) is 0 Å². The average molecular weight is 355 g/mol. The third-order valence-corrected chi connectivity index (χ3v) is 4.52. The van der Waals surface area contributed by atoms with Crippen LogP contribution in [0.2, 0.25) is 0 Å². The smallest absolute Gasteiger partial charge is 0.137 e. The number of aromatic nitrogens is 3. The van der Waals surface area contributed by atoms with Crippen LogP contribution >= 0.6 is 0 Å². The molecule has 4 aromatic rings. The Hall–Kier alpha value is -3.51. The summed E-state index contributed by atoms with van der Waals surface area (Å²) in [5.74, 6) is 2.44. The summed E-state index contributed by atoms with van der Waals surface area (Å²) in [6.45, 7) is 1.45. The van der Waals surface area contributed by atoms with Gasteiger partial charge in [-0.2, -0.15) is 0 Å². The minimum Gasteiger partial charge on any atom is -0.457 e. The summed E-state index contributed by atoms with van der Waals surface area (Å²) >= 11 is 0. The summed E-state index contributed by atoms with van der Waals surface area (Å²) < 4.78 is 6.08. The van der Waals surface area contributed by atoms with Gasteiger partial charge in [-0.1, -0.05) is 12.1 Å². The monoisotopic (exact) mass is 355 g/mol. The molecule has 0 unspecified atom stereocenters.